The molecule has 3 aromatic rings. The molecule has 198 valence electrons. The van der Waals surface area contributed by atoms with Gasteiger partial charge < -0.3 is 16.4 Å². The number of para-hydroxylation sites is 1. The number of nitrogens with two attached hydrogens (primary N) is 1. The first kappa shape index (κ1) is 28.1. The Morgan fingerprint density at radius 1 is 0.921 bits per heavy atom. The average molecular weight is 525 g/mol. The van der Waals surface area contributed by atoms with Gasteiger partial charge >= 0.3 is 6.18 Å². The maximum absolute atomic E-state index is 12.7. The van der Waals surface area contributed by atoms with Crippen molar-refractivity contribution in [3.63, 3.8) is 0 Å². The average Bonchev–Trinajstić information content (AvgIpc) is 3.04. The van der Waals surface area contributed by atoms with Gasteiger partial charge in [0.05, 0.1) is 11.4 Å². The molecule has 0 aliphatic carbocycles. The third kappa shape index (κ3) is 8.58. The molecule has 38 heavy (non-hydrogen) atoms. The SMILES string of the molecule is NC(=O)CC(CCC(F)(F)F)C(=O)NC1N=C(c2ccccc2)c2ccccc2NC1=O.c1ccccc1. The van der Waals surface area contributed by atoms with E-state index in [1.54, 1.807) is 48.5 Å². The zero-order valence-corrected chi connectivity index (χ0v) is 20.3. The van der Waals surface area contributed by atoms with E-state index < -0.39 is 55.2 Å². The molecule has 3 amide bonds. The minimum absolute atomic E-state index is 0.423. The van der Waals surface area contributed by atoms with Gasteiger partial charge in [-0.3, -0.25) is 14.4 Å². The fourth-order valence-electron chi connectivity index (χ4n) is 3.72. The zero-order valence-electron chi connectivity index (χ0n) is 20.3. The highest BCUT2D eigenvalue weighted by molar-refractivity contribution is 6.19. The minimum atomic E-state index is -4.50. The molecule has 1 heterocycles. The van der Waals surface area contributed by atoms with Gasteiger partial charge in [-0.05, 0) is 12.5 Å². The van der Waals surface area contributed by atoms with Crippen molar-refractivity contribution in [2.75, 3.05) is 5.32 Å². The number of aliphatic imine (C=N–C) groups is 1. The maximum atomic E-state index is 12.7. The van der Waals surface area contributed by atoms with Crippen LogP contribution in [-0.2, 0) is 14.4 Å². The normalized spacial score (nSPS) is 15.4. The quantitative estimate of drug-likeness (QED) is 0.425. The molecule has 0 aromatic heterocycles. The molecular weight excluding hydrogens is 497 g/mol. The Bertz CT molecular complexity index is 1240. The van der Waals surface area contributed by atoms with Crippen molar-refractivity contribution in [2.24, 2.45) is 16.6 Å². The molecule has 1 aliphatic rings. The van der Waals surface area contributed by atoms with Gasteiger partial charge in [0.2, 0.25) is 18.0 Å². The third-order valence-electron chi connectivity index (χ3n) is 5.53. The van der Waals surface area contributed by atoms with Crippen molar-refractivity contribution < 1.29 is 27.6 Å². The second kappa shape index (κ2) is 13.2. The van der Waals surface area contributed by atoms with Crippen LogP contribution in [0.1, 0.15) is 30.4 Å². The number of nitrogens with zero attached hydrogens (tertiary/aromatic N) is 1. The number of carbonyl (C=O) groups is 3. The van der Waals surface area contributed by atoms with Crippen LogP contribution in [0.5, 0.6) is 0 Å². The Morgan fingerprint density at radius 3 is 2.05 bits per heavy atom. The molecule has 0 radical (unpaired) electrons. The first-order valence-electron chi connectivity index (χ1n) is 11.8. The van der Waals surface area contributed by atoms with Crippen molar-refractivity contribution in [3.05, 3.63) is 102 Å². The molecule has 10 heteroatoms. The monoisotopic (exact) mass is 524 g/mol. The van der Waals surface area contributed by atoms with Crippen LogP contribution < -0.4 is 16.4 Å². The number of hydrogen-bond donors (Lipinski definition) is 3. The molecule has 0 spiro atoms. The third-order valence-corrected chi connectivity index (χ3v) is 5.53. The highest BCUT2D eigenvalue weighted by Crippen LogP contribution is 2.27. The molecule has 3 aromatic carbocycles. The van der Waals surface area contributed by atoms with E-state index in [0.717, 1.165) is 0 Å². The number of nitrogens with one attached hydrogen (secondary N) is 2. The number of benzene rings is 3. The van der Waals surface area contributed by atoms with Crippen molar-refractivity contribution in [3.8, 4) is 0 Å². The number of amides is 3. The molecule has 2 atom stereocenters. The van der Waals surface area contributed by atoms with E-state index in [1.807, 2.05) is 42.5 Å². The molecule has 0 fully saturated rings. The summed E-state index contributed by atoms with van der Waals surface area (Å²) >= 11 is 0. The number of hydrogen-bond acceptors (Lipinski definition) is 4. The summed E-state index contributed by atoms with van der Waals surface area (Å²) in [5, 5.41) is 5.05. The van der Waals surface area contributed by atoms with E-state index in [4.69, 9.17) is 5.73 Å². The number of benzodiazepines with no additional fused rings is 1. The van der Waals surface area contributed by atoms with Gasteiger partial charge in [-0.25, -0.2) is 4.99 Å². The standard InChI is InChI=1S/C22H21F3N4O3.C6H6/c23-22(24,25)11-10-14(12-17(26)30)20(31)29-19-21(32)27-16-9-5-4-8-15(16)18(28-19)13-6-2-1-3-7-13;1-2-4-6-5-3-1/h1-9,14,19H,10-12H2,(H2,26,30)(H,27,32)(H,29,31);1-6H. The van der Waals surface area contributed by atoms with Crippen LogP contribution in [0.2, 0.25) is 0 Å². The van der Waals surface area contributed by atoms with Gasteiger partial charge in [0.15, 0.2) is 0 Å². The summed E-state index contributed by atoms with van der Waals surface area (Å²) < 4.78 is 37.9. The van der Waals surface area contributed by atoms with E-state index in [9.17, 15) is 27.6 Å². The van der Waals surface area contributed by atoms with Crippen molar-refractivity contribution in [2.45, 2.75) is 31.6 Å². The van der Waals surface area contributed by atoms with Gasteiger partial charge in [0.1, 0.15) is 0 Å². The zero-order chi connectivity index (χ0) is 27.5. The number of fused-ring (bicyclic) bond motifs is 1. The van der Waals surface area contributed by atoms with Gasteiger partial charge in [-0.15, -0.1) is 0 Å². The van der Waals surface area contributed by atoms with Crippen LogP contribution in [0.25, 0.3) is 0 Å². The van der Waals surface area contributed by atoms with E-state index >= 15 is 0 Å². The van der Waals surface area contributed by atoms with Crippen molar-refractivity contribution in [1.82, 2.24) is 5.32 Å². The van der Waals surface area contributed by atoms with Gasteiger partial charge in [0, 0.05) is 29.9 Å². The molecule has 0 saturated carbocycles. The summed E-state index contributed by atoms with van der Waals surface area (Å²) in [5.41, 5.74) is 7.30. The lowest BCUT2D eigenvalue weighted by Gasteiger charge is -2.19. The first-order chi connectivity index (χ1) is 18.1. The van der Waals surface area contributed by atoms with Gasteiger partial charge in [-0.2, -0.15) is 13.2 Å². The molecule has 1 aliphatic heterocycles. The highest BCUT2D eigenvalue weighted by atomic mass is 19.4. The maximum Gasteiger partial charge on any atom is 0.389 e. The second-order valence-electron chi connectivity index (χ2n) is 8.47. The summed E-state index contributed by atoms with van der Waals surface area (Å²) in [6, 6.07) is 27.9. The second-order valence-corrected chi connectivity index (χ2v) is 8.47. The number of rotatable bonds is 7. The number of alkyl halides is 3. The lowest BCUT2D eigenvalue weighted by molar-refractivity contribution is -0.143. The Labute approximate surface area is 218 Å². The first-order valence-corrected chi connectivity index (χ1v) is 11.8. The number of anilines is 1. The van der Waals surface area contributed by atoms with Crippen LogP contribution in [0.4, 0.5) is 18.9 Å². The summed E-state index contributed by atoms with van der Waals surface area (Å²) in [6.07, 6.45) is -8.39. The summed E-state index contributed by atoms with van der Waals surface area (Å²) in [4.78, 5) is 41.2. The van der Waals surface area contributed by atoms with E-state index in [1.165, 1.54) is 0 Å². The summed E-state index contributed by atoms with van der Waals surface area (Å²) in [5.74, 6) is -3.83. The van der Waals surface area contributed by atoms with Crippen LogP contribution in [0, 0.1) is 5.92 Å². The predicted molar refractivity (Wildman–Crippen MR) is 138 cm³/mol. The molecule has 2 unspecified atom stereocenters. The fourth-order valence-corrected chi connectivity index (χ4v) is 3.72. The Kier molecular flexibility index (Phi) is 9.75. The molecular formula is C28H27F3N4O3. The van der Waals surface area contributed by atoms with E-state index in [2.05, 4.69) is 15.6 Å². The lowest BCUT2D eigenvalue weighted by atomic mass is 9.97. The number of halogens is 3. The molecule has 7 nitrogen and oxygen atoms in total. The van der Waals surface area contributed by atoms with Crippen LogP contribution in [0.3, 0.4) is 0 Å². The van der Waals surface area contributed by atoms with Crippen LogP contribution in [-0.4, -0.2) is 35.8 Å². The van der Waals surface area contributed by atoms with E-state index in [0.29, 0.717) is 22.5 Å². The fraction of sp³-hybridized carbons (Fsp3) is 0.214. The smallest absolute Gasteiger partial charge is 0.370 e. The Balaban J connectivity index is 0.000000585. The highest BCUT2D eigenvalue weighted by Gasteiger charge is 2.33. The largest absolute Gasteiger partial charge is 0.389 e. The number of primary amides is 1. The minimum Gasteiger partial charge on any atom is -0.370 e. The molecule has 0 saturated heterocycles. The molecule has 4 N–H and O–H groups in total. The lowest BCUT2D eigenvalue weighted by Crippen LogP contribution is -2.45. The van der Waals surface area contributed by atoms with Gasteiger partial charge in [-0.1, -0.05) is 84.9 Å². The Hall–Kier alpha value is -4.47. The molecule has 4 rings (SSSR count). The van der Waals surface area contributed by atoms with Gasteiger partial charge in [0.25, 0.3) is 5.91 Å². The van der Waals surface area contributed by atoms with E-state index in [-0.39, 0.29) is 0 Å². The predicted octanol–water partition coefficient (Wildman–Crippen LogP) is 4.44. The van der Waals surface area contributed by atoms with Crippen molar-refractivity contribution in [1.29, 1.82) is 0 Å². The van der Waals surface area contributed by atoms with Crippen LogP contribution >= 0.6 is 0 Å². The topological polar surface area (TPSA) is 114 Å². The molecule has 0 bridgehead atoms. The number of carbonyl (C=O) groups excluding carboxylic acids is 3. The Morgan fingerprint density at radius 2 is 1.47 bits per heavy atom. The summed E-state index contributed by atoms with van der Waals surface area (Å²) in [7, 11) is 0. The van der Waals surface area contributed by atoms with Crippen LogP contribution in [0.15, 0.2) is 96.0 Å². The van der Waals surface area contributed by atoms with Crippen molar-refractivity contribution >= 4 is 29.1 Å². The summed E-state index contributed by atoms with van der Waals surface area (Å²) in [6.45, 7) is 0.